The number of carbonyl (C=O) groups excluding carboxylic acids is 1. The first-order valence-electron chi connectivity index (χ1n) is 12.6. The van der Waals surface area contributed by atoms with Gasteiger partial charge < -0.3 is 14.9 Å². The minimum absolute atomic E-state index is 0.00233. The number of aromatic nitrogens is 2. The number of aliphatic hydroxyl groups is 1. The van der Waals surface area contributed by atoms with E-state index in [-0.39, 0.29) is 24.0 Å². The van der Waals surface area contributed by atoms with Crippen LogP contribution in [0.4, 0.5) is 24.8 Å². The van der Waals surface area contributed by atoms with Crippen LogP contribution in [0.2, 0.25) is 0 Å². The molecule has 0 bridgehead atoms. The Morgan fingerprint density at radius 2 is 1.78 bits per heavy atom. The van der Waals surface area contributed by atoms with E-state index in [0.29, 0.717) is 76.9 Å². The van der Waals surface area contributed by atoms with E-state index in [0.717, 1.165) is 5.56 Å². The molecular weight excluding hydrogens is 485 g/mol. The Hall–Kier alpha value is -3.23. The number of hydrogen-bond acceptors (Lipinski definition) is 8. The number of alkyl halides is 3. The molecule has 1 atom stereocenters. The summed E-state index contributed by atoms with van der Waals surface area (Å²) in [6.45, 7) is 3.24. The van der Waals surface area contributed by atoms with Crippen LogP contribution < -0.4 is 9.80 Å². The quantitative estimate of drug-likeness (QED) is 0.544. The summed E-state index contributed by atoms with van der Waals surface area (Å²) in [6, 6.07) is 10.4. The number of benzene rings is 1. The van der Waals surface area contributed by atoms with Crippen LogP contribution >= 0.6 is 0 Å². The minimum atomic E-state index is -4.70. The van der Waals surface area contributed by atoms with Gasteiger partial charge in [-0.25, -0.2) is 9.97 Å². The fraction of sp³-hybridized carbons (Fsp3) is 0.538. The Labute approximate surface area is 214 Å². The monoisotopic (exact) mass is 516 g/mol. The summed E-state index contributed by atoms with van der Waals surface area (Å²) in [5.41, 5.74) is 1.61. The third-order valence-corrected chi connectivity index (χ3v) is 6.96. The lowest BCUT2D eigenvalue weighted by molar-refractivity contribution is -0.144. The van der Waals surface area contributed by atoms with E-state index in [1.807, 2.05) is 12.1 Å². The molecule has 0 spiro atoms. The van der Waals surface area contributed by atoms with Crippen LogP contribution in [-0.2, 0) is 17.4 Å². The van der Waals surface area contributed by atoms with Crippen molar-refractivity contribution in [3.8, 4) is 6.07 Å². The van der Waals surface area contributed by atoms with Crippen LogP contribution in [0.5, 0.6) is 0 Å². The minimum Gasteiger partial charge on any atom is -0.395 e. The number of nitrogens with zero attached hydrogens (tertiary/aromatic N) is 6. The fourth-order valence-electron chi connectivity index (χ4n) is 4.95. The van der Waals surface area contributed by atoms with Gasteiger partial charge in [0.2, 0.25) is 5.82 Å². The SMILES string of the molecule is N#Cc1ccc(CCCC(=O)[C@@H]2CCCN2c2cc(N3CCN(CCO)CC3)nc(C(F)(F)F)n2)cc1. The maximum absolute atomic E-state index is 13.7. The van der Waals surface area contributed by atoms with Crippen LogP contribution in [0.1, 0.15) is 42.6 Å². The number of piperazine rings is 1. The van der Waals surface area contributed by atoms with Gasteiger partial charge in [-0.1, -0.05) is 12.1 Å². The summed E-state index contributed by atoms with van der Waals surface area (Å²) in [7, 11) is 0. The van der Waals surface area contributed by atoms with Crippen molar-refractivity contribution in [1.82, 2.24) is 14.9 Å². The van der Waals surface area contributed by atoms with Crippen molar-refractivity contribution in [2.45, 2.75) is 44.3 Å². The van der Waals surface area contributed by atoms with E-state index in [1.165, 1.54) is 0 Å². The summed E-state index contributed by atoms with van der Waals surface area (Å²) in [5.74, 6) is -0.855. The molecular formula is C26H31F3N6O2. The number of rotatable bonds is 9. The number of halogens is 3. The second-order valence-electron chi connectivity index (χ2n) is 9.44. The molecule has 37 heavy (non-hydrogen) atoms. The number of Topliss-reactive ketones (excluding diaryl/α,β-unsaturated/α-hetero) is 1. The van der Waals surface area contributed by atoms with Gasteiger partial charge in [-0.3, -0.25) is 9.69 Å². The molecule has 2 aliphatic heterocycles. The van der Waals surface area contributed by atoms with Crippen LogP contribution in [0.15, 0.2) is 30.3 Å². The molecule has 0 saturated carbocycles. The number of nitriles is 1. The summed E-state index contributed by atoms with van der Waals surface area (Å²) in [4.78, 5) is 26.3. The molecule has 0 aliphatic carbocycles. The molecule has 2 fully saturated rings. The molecule has 2 aromatic rings. The third-order valence-electron chi connectivity index (χ3n) is 6.96. The van der Waals surface area contributed by atoms with E-state index >= 15 is 0 Å². The zero-order valence-electron chi connectivity index (χ0n) is 20.6. The molecule has 3 heterocycles. The van der Waals surface area contributed by atoms with Crippen molar-refractivity contribution < 1.29 is 23.1 Å². The Morgan fingerprint density at radius 3 is 2.43 bits per heavy atom. The van der Waals surface area contributed by atoms with Crippen molar-refractivity contribution in [3.63, 3.8) is 0 Å². The smallest absolute Gasteiger partial charge is 0.395 e. The molecule has 0 unspecified atom stereocenters. The van der Waals surface area contributed by atoms with Gasteiger partial charge in [0.25, 0.3) is 0 Å². The lowest BCUT2D eigenvalue weighted by atomic mass is 10.0. The summed E-state index contributed by atoms with van der Waals surface area (Å²) < 4.78 is 41.1. The number of anilines is 2. The Morgan fingerprint density at radius 1 is 1.08 bits per heavy atom. The average molecular weight is 517 g/mol. The normalized spacial score (nSPS) is 18.7. The first-order valence-corrected chi connectivity index (χ1v) is 12.6. The van der Waals surface area contributed by atoms with Crippen molar-refractivity contribution in [1.29, 1.82) is 5.26 Å². The second kappa shape index (κ2) is 11.9. The van der Waals surface area contributed by atoms with E-state index in [9.17, 15) is 18.0 Å². The Kier molecular flexibility index (Phi) is 8.61. The molecule has 0 radical (unpaired) electrons. The van der Waals surface area contributed by atoms with Crippen molar-refractivity contribution in [3.05, 3.63) is 47.3 Å². The lowest BCUT2D eigenvalue weighted by Crippen LogP contribution is -2.47. The molecule has 11 heteroatoms. The highest BCUT2D eigenvalue weighted by Gasteiger charge is 2.38. The van der Waals surface area contributed by atoms with Gasteiger partial charge in [0.15, 0.2) is 5.78 Å². The highest BCUT2D eigenvalue weighted by molar-refractivity contribution is 5.87. The molecule has 8 nitrogen and oxygen atoms in total. The first-order chi connectivity index (χ1) is 17.8. The fourth-order valence-corrected chi connectivity index (χ4v) is 4.95. The standard InChI is InChI=1S/C26H31F3N6O2/c27-26(28,29)25-31-23(34-13-11-33(12-14-34)15-16-36)17-24(32-25)35-10-2-4-21(35)22(37)5-1-3-19-6-8-20(18-30)9-7-19/h6-9,17,21,36H,1-5,10-16H2/t21-/m0/s1. The van der Waals surface area contributed by atoms with Crippen molar-refractivity contribution in [2.75, 3.05) is 55.7 Å². The number of β-amino-alcohol motifs (C(OH)–C–C–N with tert-alkyl or cyclic N) is 1. The first kappa shape index (κ1) is 26.8. The zero-order valence-corrected chi connectivity index (χ0v) is 20.6. The molecule has 2 saturated heterocycles. The molecule has 198 valence electrons. The zero-order chi connectivity index (χ0) is 26.4. The van der Waals surface area contributed by atoms with Crippen LogP contribution in [0.3, 0.4) is 0 Å². The molecule has 1 aromatic heterocycles. The summed E-state index contributed by atoms with van der Waals surface area (Å²) in [5, 5.41) is 18.1. The number of carbonyl (C=O) groups is 1. The van der Waals surface area contributed by atoms with E-state index in [1.54, 1.807) is 28.0 Å². The van der Waals surface area contributed by atoms with Crippen molar-refractivity contribution in [2.24, 2.45) is 0 Å². The topological polar surface area (TPSA) is 96.6 Å². The Bertz CT molecular complexity index is 1110. The van der Waals surface area contributed by atoms with Gasteiger partial charge in [-0.15, -0.1) is 0 Å². The van der Waals surface area contributed by atoms with E-state index < -0.39 is 18.0 Å². The predicted octanol–water partition coefficient (Wildman–Crippen LogP) is 3.04. The maximum Gasteiger partial charge on any atom is 0.451 e. The van der Waals surface area contributed by atoms with Crippen molar-refractivity contribution >= 4 is 17.4 Å². The van der Waals surface area contributed by atoms with Gasteiger partial charge in [0.05, 0.1) is 24.3 Å². The highest BCUT2D eigenvalue weighted by Crippen LogP contribution is 2.33. The number of aliphatic hydroxyl groups excluding tert-OH is 1. The maximum atomic E-state index is 13.7. The molecule has 1 aromatic carbocycles. The lowest BCUT2D eigenvalue weighted by Gasteiger charge is -2.35. The third kappa shape index (κ3) is 6.76. The molecule has 2 aliphatic rings. The van der Waals surface area contributed by atoms with Crippen LogP contribution in [0.25, 0.3) is 0 Å². The van der Waals surface area contributed by atoms with Gasteiger partial charge in [0.1, 0.15) is 11.6 Å². The number of aryl methyl sites for hydroxylation is 1. The highest BCUT2D eigenvalue weighted by atomic mass is 19.4. The van der Waals surface area contributed by atoms with Gasteiger partial charge in [-0.05, 0) is 43.4 Å². The van der Waals surface area contributed by atoms with Gasteiger partial charge in [-0.2, -0.15) is 18.4 Å². The van der Waals surface area contributed by atoms with Gasteiger partial charge >= 0.3 is 6.18 Å². The summed E-state index contributed by atoms with van der Waals surface area (Å²) in [6.07, 6.45) is -1.80. The number of hydrogen-bond donors (Lipinski definition) is 1. The predicted molar refractivity (Wildman–Crippen MR) is 132 cm³/mol. The van der Waals surface area contributed by atoms with Crippen LogP contribution in [0, 0.1) is 11.3 Å². The second-order valence-corrected chi connectivity index (χ2v) is 9.44. The molecule has 4 rings (SSSR count). The average Bonchev–Trinajstić information content (AvgIpc) is 3.39. The van der Waals surface area contributed by atoms with E-state index in [4.69, 9.17) is 10.4 Å². The molecule has 0 amide bonds. The van der Waals surface area contributed by atoms with Gasteiger partial charge in [0, 0.05) is 51.8 Å². The largest absolute Gasteiger partial charge is 0.451 e. The molecule has 1 N–H and O–H groups in total. The Balaban J connectivity index is 1.46. The van der Waals surface area contributed by atoms with E-state index in [2.05, 4.69) is 20.9 Å². The van der Waals surface area contributed by atoms with Crippen LogP contribution in [-0.4, -0.2) is 77.7 Å². The summed E-state index contributed by atoms with van der Waals surface area (Å²) >= 11 is 0. The number of ketones is 1.